The lowest BCUT2D eigenvalue weighted by molar-refractivity contribution is -0.0556. The van der Waals surface area contributed by atoms with Crippen LogP contribution in [-0.2, 0) is 17.0 Å². The molecule has 3 nitrogen and oxygen atoms in total. The van der Waals surface area contributed by atoms with Crippen LogP contribution >= 0.6 is 22.9 Å². The standard InChI is InChI=1S/C14H21ClN2OS/c15-9-11-10-19-14(16-11)5-2-6-17-7-8-18-13-4-1-3-12(13)17/h10,12-13H,1-9H2. The molecule has 106 valence electrons. The molecule has 2 aliphatic rings. The molecule has 3 rings (SSSR count). The fraction of sp³-hybridized carbons (Fsp3) is 0.786. The van der Waals surface area contributed by atoms with Crippen LogP contribution in [-0.4, -0.2) is 41.7 Å². The maximum absolute atomic E-state index is 5.85. The van der Waals surface area contributed by atoms with Crippen LogP contribution < -0.4 is 0 Å². The lowest BCUT2D eigenvalue weighted by Gasteiger charge is -2.37. The number of rotatable bonds is 5. The van der Waals surface area contributed by atoms with E-state index in [9.17, 15) is 0 Å². The Balaban J connectivity index is 1.46. The summed E-state index contributed by atoms with van der Waals surface area (Å²) >= 11 is 7.52. The van der Waals surface area contributed by atoms with Gasteiger partial charge in [0.1, 0.15) is 0 Å². The fourth-order valence-electron chi connectivity index (χ4n) is 3.24. The third-order valence-electron chi connectivity index (χ3n) is 4.17. The number of morpholine rings is 1. The molecule has 2 heterocycles. The lowest BCUT2D eigenvalue weighted by Crippen LogP contribution is -2.48. The number of thiazole rings is 1. The van der Waals surface area contributed by atoms with E-state index in [1.807, 2.05) is 0 Å². The molecular formula is C14H21ClN2OS. The zero-order valence-electron chi connectivity index (χ0n) is 11.2. The number of hydrogen-bond acceptors (Lipinski definition) is 4. The van der Waals surface area contributed by atoms with Gasteiger partial charge in [-0.25, -0.2) is 4.98 Å². The predicted molar refractivity (Wildman–Crippen MR) is 78.9 cm³/mol. The van der Waals surface area contributed by atoms with Gasteiger partial charge in [-0.05, 0) is 32.2 Å². The van der Waals surface area contributed by atoms with Crippen molar-refractivity contribution in [2.45, 2.75) is 50.1 Å². The summed E-state index contributed by atoms with van der Waals surface area (Å²) in [6, 6.07) is 0.684. The largest absolute Gasteiger partial charge is 0.375 e. The van der Waals surface area contributed by atoms with Crippen molar-refractivity contribution in [2.75, 3.05) is 19.7 Å². The van der Waals surface area contributed by atoms with Crippen molar-refractivity contribution >= 4 is 22.9 Å². The third-order valence-corrected chi connectivity index (χ3v) is 5.40. The van der Waals surface area contributed by atoms with Crippen molar-refractivity contribution in [1.82, 2.24) is 9.88 Å². The van der Waals surface area contributed by atoms with E-state index in [2.05, 4.69) is 15.3 Å². The summed E-state index contributed by atoms with van der Waals surface area (Å²) in [5, 5.41) is 3.30. The molecule has 2 atom stereocenters. The van der Waals surface area contributed by atoms with Crippen LogP contribution in [0.4, 0.5) is 0 Å². The van der Waals surface area contributed by atoms with Gasteiger partial charge in [-0.1, -0.05) is 0 Å². The van der Waals surface area contributed by atoms with Gasteiger partial charge in [0.2, 0.25) is 0 Å². The van der Waals surface area contributed by atoms with E-state index in [1.165, 1.54) is 37.2 Å². The topological polar surface area (TPSA) is 25.4 Å². The van der Waals surface area contributed by atoms with E-state index in [0.717, 1.165) is 25.3 Å². The lowest BCUT2D eigenvalue weighted by atomic mass is 10.1. The Labute approximate surface area is 123 Å². The Bertz CT molecular complexity index is 412. The number of nitrogens with zero attached hydrogens (tertiary/aromatic N) is 2. The molecule has 1 aromatic heterocycles. The molecule has 1 saturated heterocycles. The van der Waals surface area contributed by atoms with Gasteiger partial charge in [0.15, 0.2) is 0 Å². The van der Waals surface area contributed by atoms with Gasteiger partial charge in [0.25, 0.3) is 0 Å². The molecule has 0 amide bonds. The van der Waals surface area contributed by atoms with Crippen LogP contribution in [0, 0.1) is 0 Å². The summed E-state index contributed by atoms with van der Waals surface area (Å²) in [5.41, 5.74) is 1.02. The summed E-state index contributed by atoms with van der Waals surface area (Å²) in [7, 11) is 0. The minimum atomic E-state index is 0.511. The number of halogens is 1. The molecule has 19 heavy (non-hydrogen) atoms. The van der Waals surface area contributed by atoms with Crippen LogP contribution in [0.15, 0.2) is 5.38 Å². The normalized spacial score (nSPS) is 27.6. The van der Waals surface area contributed by atoms with Crippen molar-refractivity contribution in [3.05, 3.63) is 16.1 Å². The summed E-state index contributed by atoms with van der Waals surface area (Å²) < 4.78 is 5.85. The van der Waals surface area contributed by atoms with Gasteiger partial charge in [0.05, 0.1) is 29.3 Å². The molecule has 2 unspecified atom stereocenters. The second kappa shape index (κ2) is 6.53. The van der Waals surface area contributed by atoms with Gasteiger partial charge in [-0.15, -0.1) is 22.9 Å². The van der Waals surface area contributed by atoms with Crippen LogP contribution in [0.1, 0.15) is 36.4 Å². The maximum atomic E-state index is 5.85. The van der Waals surface area contributed by atoms with Crippen molar-refractivity contribution < 1.29 is 4.74 Å². The molecule has 5 heteroatoms. The molecule has 1 aliphatic heterocycles. The highest BCUT2D eigenvalue weighted by atomic mass is 35.5. The Kier molecular flexibility index (Phi) is 4.74. The van der Waals surface area contributed by atoms with Crippen molar-refractivity contribution in [3.63, 3.8) is 0 Å². The molecule has 1 aliphatic carbocycles. The molecule has 0 radical (unpaired) electrons. The average Bonchev–Trinajstić information content (AvgIpc) is 3.07. The van der Waals surface area contributed by atoms with Gasteiger partial charge in [-0.2, -0.15) is 0 Å². The highest BCUT2D eigenvalue weighted by molar-refractivity contribution is 7.09. The number of ether oxygens (including phenoxy) is 1. The Hall–Kier alpha value is -0.160. The number of alkyl halides is 1. The Morgan fingerprint density at radius 3 is 3.26 bits per heavy atom. The first-order valence-corrected chi connectivity index (χ1v) is 8.63. The zero-order valence-corrected chi connectivity index (χ0v) is 12.8. The maximum Gasteiger partial charge on any atom is 0.0929 e. The SMILES string of the molecule is ClCc1csc(CCCN2CCOC3CCCC32)n1. The molecule has 1 saturated carbocycles. The highest BCUT2D eigenvalue weighted by Gasteiger charge is 2.35. The second-order valence-electron chi connectivity index (χ2n) is 5.41. The summed E-state index contributed by atoms with van der Waals surface area (Å²) in [6.07, 6.45) is 6.69. The van der Waals surface area contributed by atoms with Crippen molar-refractivity contribution in [2.24, 2.45) is 0 Å². The highest BCUT2D eigenvalue weighted by Crippen LogP contribution is 2.29. The first-order chi connectivity index (χ1) is 9.36. The number of aromatic nitrogens is 1. The zero-order chi connectivity index (χ0) is 13.1. The smallest absolute Gasteiger partial charge is 0.0929 e. The van der Waals surface area contributed by atoms with Gasteiger partial charge >= 0.3 is 0 Å². The minimum absolute atomic E-state index is 0.511. The van der Waals surface area contributed by atoms with E-state index >= 15 is 0 Å². The van der Waals surface area contributed by atoms with Crippen molar-refractivity contribution in [3.8, 4) is 0 Å². The first-order valence-electron chi connectivity index (χ1n) is 7.21. The van der Waals surface area contributed by atoms with Crippen LogP contribution in [0.5, 0.6) is 0 Å². The quantitative estimate of drug-likeness (QED) is 0.782. The van der Waals surface area contributed by atoms with E-state index < -0.39 is 0 Å². The summed E-state index contributed by atoms with van der Waals surface area (Å²) in [5.74, 6) is 0.531. The second-order valence-corrected chi connectivity index (χ2v) is 6.62. The molecule has 0 bridgehead atoms. The van der Waals surface area contributed by atoms with Gasteiger partial charge in [-0.3, -0.25) is 4.90 Å². The summed E-state index contributed by atoms with van der Waals surface area (Å²) in [4.78, 5) is 7.16. The fourth-order valence-corrected chi connectivity index (χ4v) is 4.31. The average molecular weight is 301 g/mol. The van der Waals surface area contributed by atoms with Crippen LogP contribution in [0.3, 0.4) is 0 Å². The van der Waals surface area contributed by atoms with E-state index in [0.29, 0.717) is 18.0 Å². The van der Waals surface area contributed by atoms with Crippen molar-refractivity contribution in [1.29, 1.82) is 0 Å². The molecule has 0 N–H and O–H groups in total. The van der Waals surface area contributed by atoms with Crippen LogP contribution in [0.25, 0.3) is 0 Å². The monoisotopic (exact) mass is 300 g/mol. The van der Waals surface area contributed by atoms with E-state index in [-0.39, 0.29) is 0 Å². The van der Waals surface area contributed by atoms with Gasteiger partial charge < -0.3 is 4.74 Å². The first kappa shape index (κ1) is 13.8. The van der Waals surface area contributed by atoms with E-state index in [4.69, 9.17) is 16.3 Å². The Morgan fingerprint density at radius 1 is 1.47 bits per heavy atom. The Morgan fingerprint density at radius 2 is 2.42 bits per heavy atom. The molecule has 0 aromatic carbocycles. The number of hydrogen-bond donors (Lipinski definition) is 0. The number of aryl methyl sites for hydroxylation is 1. The minimum Gasteiger partial charge on any atom is -0.375 e. The molecular weight excluding hydrogens is 280 g/mol. The third kappa shape index (κ3) is 3.30. The molecule has 0 spiro atoms. The van der Waals surface area contributed by atoms with Gasteiger partial charge in [0, 0.05) is 24.4 Å². The number of fused-ring (bicyclic) bond motifs is 1. The molecule has 1 aromatic rings. The van der Waals surface area contributed by atoms with E-state index in [1.54, 1.807) is 11.3 Å². The predicted octanol–water partition coefficient (Wildman–Crippen LogP) is 3.07. The molecule has 2 fully saturated rings. The summed E-state index contributed by atoms with van der Waals surface area (Å²) in [6.45, 7) is 3.20. The van der Waals surface area contributed by atoms with Crippen LogP contribution in [0.2, 0.25) is 0 Å².